The number of carbonyl (C=O) groups is 1. The van der Waals surface area contributed by atoms with E-state index in [9.17, 15) is 8.78 Å². The van der Waals surface area contributed by atoms with Crippen LogP contribution in [0.25, 0.3) is 16.3 Å². The molecule has 1 aromatic heterocycles. The fourth-order valence-electron chi connectivity index (χ4n) is 3.42. The number of nitrogens with zero attached hydrogens (tertiary/aromatic N) is 1. The molecular weight excluding hydrogens is 430 g/mol. The predicted molar refractivity (Wildman–Crippen MR) is 129 cm³/mol. The first kappa shape index (κ1) is 26.0. The molecule has 176 valence electrons. The smallest absolute Gasteiger partial charge is 0.146 e. The molecular formula is C25H34F2N2O2S. The number of aldehydes is 1. The highest BCUT2D eigenvalue weighted by Crippen LogP contribution is 2.43. The van der Waals surface area contributed by atoms with E-state index in [1.807, 2.05) is 0 Å². The lowest BCUT2D eigenvalue weighted by Gasteiger charge is -2.37. The van der Waals surface area contributed by atoms with E-state index in [1.54, 1.807) is 14.2 Å². The fraction of sp³-hybridized carbons (Fsp3) is 0.520. The molecule has 0 radical (unpaired) electrons. The lowest BCUT2D eigenvalue weighted by molar-refractivity contribution is -0.106. The van der Waals surface area contributed by atoms with Crippen molar-refractivity contribution in [2.24, 2.45) is 11.3 Å². The first-order valence-electron chi connectivity index (χ1n) is 11.0. The lowest BCUT2D eigenvalue weighted by atomic mass is 9.69. The monoisotopic (exact) mass is 464 g/mol. The van der Waals surface area contributed by atoms with Gasteiger partial charge in [0, 0.05) is 7.05 Å². The van der Waals surface area contributed by atoms with Crippen LogP contribution in [-0.2, 0) is 9.53 Å². The molecule has 4 nitrogen and oxygen atoms in total. The summed E-state index contributed by atoms with van der Waals surface area (Å²) in [4.78, 5) is 13.2. The molecule has 2 aliphatic carbocycles. The van der Waals surface area contributed by atoms with Crippen LogP contribution < -0.4 is 5.32 Å². The number of hydrogen-bond acceptors (Lipinski definition) is 5. The molecule has 4 rings (SSSR count). The van der Waals surface area contributed by atoms with E-state index in [0.717, 1.165) is 30.0 Å². The average molecular weight is 465 g/mol. The van der Waals surface area contributed by atoms with Gasteiger partial charge < -0.3 is 14.8 Å². The average Bonchev–Trinajstić information content (AvgIpc) is 3.41. The molecule has 32 heavy (non-hydrogen) atoms. The van der Waals surface area contributed by atoms with Gasteiger partial charge in [-0.3, -0.25) is 0 Å². The van der Waals surface area contributed by atoms with Crippen LogP contribution in [0.15, 0.2) is 23.8 Å². The van der Waals surface area contributed by atoms with Gasteiger partial charge in [-0.1, -0.05) is 44.6 Å². The second-order valence-electron chi connectivity index (χ2n) is 8.91. The largest absolute Gasteiger partial charge is 0.494 e. The van der Waals surface area contributed by atoms with E-state index in [2.05, 4.69) is 31.1 Å². The molecule has 1 aromatic carbocycles. The Balaban J connectivity index is 0.000000274. The molecule has 2 aliphatic rings. The molecule has 1 N–H and O–H groups in total. The highest BCUT2D eigenvalue weighted by atomic mass is 32.1. The van der Waals surface area contributed by atoms with Gasteiger partial charge in [0.05, 0.1) is 12.7 Å². The third kappa shape index (κ3) is 6.61. The summed E-state index contributed by atoms with van der Waals surface area (Å²) in [5.74, 6) is 0.507. The van der Waals surface area contributed by atoms with Crippen molar-refractivity contribution in [2.45, 2.75) is 59.8 Å². The topological polar surface area (TPSA) is 51.2 Å². The van der Waals surface area contributed by atoms with E-state index < -0.39 is 11.6 Å². The number of thiazole rings is 1. The van der Waals surface area contributed by atoms with Crippen LogP contribution >= 0.6 is 11.3 Å². The summed E-state index contributed by atoms with van der Waals surface area (Å²) < 4.78 is 33.2. The van der Waals surface area contributed by atoms with Gasteiger partial charge in [0.15, 0.2) is 0 Å². The molecule has 7 heteroatoms. The minimum Gasteiger partial charge on any atom is -0.494 e. The Morgan fingerprint density at radius 1 is 1.22 bits per heavy atom. The summed E-state index contributed by atoms with van der Waals surface area (Å²) >= 11 is 1.21. The minimum absolute atomic E-state index is 0.0958. The molecule has 0 spiro atoms. The third-order valence-electron chi connectivity index (χ3n) is 5.60. The van der Waals surface area contributed by atoms with Crippen LogP contribution in [0.5, 0.6) is 0 Å². The summed E-state index contributed by atoms with van der Waals surface area (Å²) in [5.41, 5.74) is 2.30. The summed E-state index contributed by atoms with van der Waals surface area (Å²) in [5, 5.41) is 4.07. The van der Waals surface area contributed by atoms with Gasteiger partial charge in [-0.2, -0.15) is 0 Å². The quantitative estimate of drug-likeness (QED) is 0.380. The predicted octanol–water partition coefficient (Wildman–Crippen LogP) is 7.32. The zero-order valence-corrected chi connectivity index (χ0v) is 20.7. The zero-order valence-electron chi connectivity index (χ0n) is 19.9. The molecule has 0 aliphatic heterocycles. The number of nitrogens with one attached hydrogen (secondary N) is 1. The molecule has 2 aromatic rings. The van der Waals surface area contributed by atoms with E-state index in [1.165, 1.54) is 61.3 Å². The lowest BCUT2D eigenvalue weighted by Crippen LogP contribution is -2.26. The van der Waals surface area contributed by atoms with Crippen molar-refractivity contribution in [3.63, 3.8) is 0 Å². The Labute approximate surface area is 194 Å². The minimum atomic E-state index is -0.615. The Kier molecular flexibility index (Phi) is 9.37. The number of rotatable bonds is 4. The van der Waals surface area contributed by atoms with E-state index in [0.29, 0.717) is 21.9 Å². The zero-order chi connectivity index (χ0) is 23.9. The highest BCUT2D eigenvalue weighted by molar-refractivity contribution is 7.19. The Morgan fingerprint density at radius 2 is 1.78 bits per heavy atom. The summed E-state index contributed by atoms with van der Waals surface area (Å²) in [6.07, 6.45) is 7.13. The standard InChI is InChI=1S/C15H14F2N2OS.C8H16.C2H4O/c1-18-15-12(13(20-2)8-6-7-8)19-14(21-15)11-9(16)4-3-5-10(11)17;1-8(2,3)7-5-4-6-7;1-2-3/h3-5,18H,6-7H2,1-2H3;7H,4-6H2,1-3H3;2H,1H3. The SMILES string of the molecule is CC(C)(C)C1CCC1.CC=O.CNc1sc(-c2c(F)cccc2F)nc1C(OC)=C1CC1. The van der Waals surface area contributed by atoms with Crippen LogP contribution in [0.4, 0.5) is 13.8 Å². The van der Waals surface area contributed by atoms with Crippen molar-refractivity contribution in [1.29, 1.82) is 0 Å². The number of hydrogen-bond donors (Lipinski definition) is 1. The van der Waals surface area contributed by atoms with Gasteiger partial charge in [0.25, 0.3) is 0 Å². The summed E-state index contributed by atoms with van der Waals surface area (Å²) in [6, 6.07) is 3.80. The van der Waals surface area contributed by atoms with Gasteiger partial charge in [-0.15, -0.1) is 0 Å². The normalized spacial score (nSPS) is 14.8. The maximum atomic E-state index is 13.9. The summed E-state index contributed by atoms with van der Waals surface area (Å²) in [6.45, 7) is 8.48. The van der Waals surface area contributed by atoms with Gasteiger partial charge >= 0.3 is 0 Å². The van der Waals surface area contributed by atoms with E-state index in [-0.39, 0.29) is 5.56 Å². The van der Waals surface area contributed by atoms with Crippen molar-refractivity contribution < 1.29 is 18.3 Å². The molecule has 2 saturated carbocycles. The van der Waals surface area contributed by atoms with Crippen LogP contribution in [0.2, 0.25) is 0 Å². The highest BCUT2D eigenvalue weighted by Gasteiger charge is 2.29. The molecule has 2 fully saturated rings. The Morgan fingerprint density at radius 3 is 2.12 bits per heavy atom. The van der Waals surface area contributed by atoms with Gasteiger partial charge in [-0.05, 0) is 61.6 Å². The van der Waals surface area contributed by atoms with E-state index in [4.69, 9.17) is 9.53 Å². The molecule has 0 amide bonds. The molecule has 0 bridgehead atoms. The Bertz CT molecular complexity index is 918. The number of carbonyl (C=O) groups excluding carboxylic acids is 1. The number of methoxy groups -OCH3 is 1. The van der Waals surface area contributed by atoms with Crippen LogP contribution in [0.3, 0.4) is 0 Å². The third-order valence-corrected chi connectivity index (χ3v) is 6.69. The van der Waals surface area contributed by atoms with Crippen LogP contribution in [0, 0.1) is 23.0 Å². The second-order valence-corrected chi connectivity index (χ2v) is 9.91. The van der Waals surface area contributed by atoms with Crippen molar-refractivity contribution in [2.75, 3.05) is 19.5 Å². The molecule has 0 atom stereocenters. The number of benzene rings is 1. The number of allylic oxidation sites excluding steroid dienone is 1. The van der Waals surface area contributed by atoms with Crippen LogP contribution in [-0.4, -0.2) is 25.4 Å². The maximum absolute atomic E-state index is 13.9. The molecule has 0 saturated heterocycles. The Hall–Kier alpha value is -2.28. The second kappa shape index (κ2) is 11.5. The van der Waals surface area contributed by atoms with Gasteiger partial charge in [-0.25, -0.2) is 13.8 Å². The van der Waals surface area contributed by atoms with Crippen molar-refractivity contribution in [3.05, 3.63) is 41.1 Å². The molecule has 0 unspecified atom stereocenters. The number of anilines is 1. The van der Waals surface area contributed by atoms with Crippen LogP contribution in [0.1, 0.15) is 65.5 Å². The summed E-state index contributed by atoms with van der Waals surface area (Å²) in [7, 11) is 3.34. The maximum Gasteiger partial charge on any atom is 0.146 e. The van der Waals surface area contributed by atoms with Crippen molar-refractivity contribution >= 4 is 28.4 Å². The number of ether oxygens (including phenoxy) is 1. The first-order valence-corrected chi connectivity index (χ1v) is 11.8. The molecule has 1 heterocycles. The van der Waals surface area contributed by atoms with Gasteiger partial charge in [0.1, 0.15) is 39.4 Å². The van der Waals surface area contributed by atoms with Gasteiger partial charge in [0.2, 0.25) is 0 Å². The first-order chi connectivity index (χ1) is 15.2. The fourth-order valence-corrected chi connectivity index (χ4v) is 4.39. The number of aromatic nitrogens is 1. The van der Waals surface area contributed by atoms with Crippen molar-refractivity contribution in [1.82, 2.24) is 4.98 Å². The number of halogens is 2. The van der Waals surface area contributed by atoms with Crippen molar-refractivity contribution in [3.8, 4) is 10.6 Å². The van der Waals surface area contributed by atoms with E-state index >= 15 is 0 Å².